The van der Waals surface area contributed by atoms with Gasteiger partial charge in [-0.25, -0.2) is 0 Å². The van der Waals surface area contributed by atoms with E-state index in [0.717, 1.165) is 0 Å². The van der Waals surface area contributed by atoms with E-state index in [9.17, 15) is 0 Å². The molecule has 70 heavy (non-hydrogen) atoms. The van der Waals surface area contributed by atoms with Crippen molar-refractivity contribution in [1.82, 2.24) is 0 Å². The molecule has 0 amide bonds. The topological polar surface area (TPSA) is 0 Å². The maximum atomic E-state index is 2.53. The minimum atomic E-state index is 1.23. The van der Waals surface area contributed by atoms with E-state index in [-0.39, 0.29) is 0 Å². The van der Waals surface area contributed by atoms with Crippen LogP contribution in [0.4, 0.5) is 0 Å². The van der Waals surface area contributed by atoms with Crippen molar-refractivity contribution < 1.29 is 0 Å². The van der Waals surface area contributed by atoms with Crippen molar-refractivity contribution in [2.75, 3.05) is 0 Å². The lowest BCUT2D eigenvalue weighted by Gasteiger charge is -2.19. The van der Waals surface area contributed by atoms with Gasteiger partial charge in [-0.3, -0.25) is 0 Å². The van der Waals surface area contributed by atoms with Crippen LogP contribution in [-0.4, -0.2) is 0 Å². The van der Waals surface area contributed by atoms with Gasteiger partial charge in [0.1, 0.15) is 0 Å². The zero-order chi connectivity index (χ0) is 45.6. The molecule has 16 aromatic rings. The van der Waals surface area contributed by atoms with E-state index >= 15 is 0 Å². The number of hydrogen-bond acceptors (Lipinski definition) is 0. The standard InChI is InChI=1S/C70H40/c1-3-16-42(17-4-1)64-62-40-61-52-22-10-9-21-51(52)56-26-14-27-57(67(56)61)68(62)65(43-18-5-2-6-19-43)70-58-28-13-25-54-49(35-36-59(66(54)58)69(64)70)46-32-30-45-38-47(33-31-44(45)37-46)60-39-48-34-29-41-15-7-8-20-50(41)63(48)55-24-12-11-23-53(55)60/h1-40H. The molecule has 320 valence electrons. The van der Waals surface area contributed by atoms with Gasteiger partial charge in [0.05, 0.1) is 0 Å². The van der Waals surface area contributed by atoms with Gasteiger partial charge >= 0.3 is 0 Å². The summed E-state index contributed by atoms with van der Waals surface area (Å²) in [5.74, 6) is 0. The van der Waals surface area contributed by atoms with Crippen molar-refractivity contribution >= 4 is 118 Å². The molecule has 0 heteroatoms. The molecular formula is C70H40. The summed E-state index contributed by atoms with van der Waals surface area (Å²) in [6.45, 7) is 0. The van der Waals surface area contributed by atoms with Gasteiger partial charge in [0, 0.05) is 0 Å². The Hall–Kier alpha value is -9.10. The summed E-state index contributed by atoms with van der Waals surface area (Å²) in [7, 11) is 0. The molecule has 0 atom stereocenters. The SMILES string of the molecule is c1ccc(-c2c3cc4c5ccccc5c5cccc(c3c(-c3ccccc3)c3c6cccc7c(-c8ccc9cc(-c%10cc%11ccc%12ccccc%12c%11c%11ccccc%10%11)ccc9c8)ccc(c23)c76)c54)cc1. The van der Waals surface area contributed by atoms with Crippen molar-refractivity contribution in [3.05, 3.63) is 243 Å². The Labute approximate surface area is 403 Å². The largest absolute Gasteiger partial charge is 0.0622 e. The van der Waals surface area contributed by atoms with Crippen LogP contribution in [0.5, 0.6) is 0 Å². The Balaban J connectivity index is 0.946. The number of benzene rings is 14. The van der Waals surface area contributed by atoms with Crippen molar-refractivity contribution in [3.63, 3.8) is 0 Å². The molecule has 0 aliphatic rings. The van der Waals surface area contributed by atoms with Crippen LogP contribution in [0.25, 0.3) is 163 Å². The molecule has 0 spiro atoms. The van der Waals surface area contributed by atoms with Crippen LogP contribution in [0.3, 0.4) is 0 Å². The van der Waals surface area contributed by atoms with Crippen LogP contribution in [0.2, 0.25) is 0 Å². The molecule has 0 fully saturated rings. The summed E-state index contributed by atoms with van der Waals surface area (Å²) >= 11 is 0. The summed E-state index contributed by atoms with van der Waals surface area (Å²) in [5, 5.41) is 28.6. The van der Waals surface area contributed by atoms with E-state index in [4.69, 9.17) is 0 Å². The third kappa shape index (κ3) is 5.15. The molecule has 0 nitrogen and oxygen atoms in total. The maximum absolute atomic E-state index is 2.53. The van der Waals surface area contributed by atoms with Crippen molar-refractivity contribution in [2.24, 2.45) is 0 Å². The van der Waals surface area contributed by atoms with E-state index in [1.165, 1.54) is 163 Å². The van der Waals surface area contributed by atoms with Gasteiger partial charge in [-0.05, 0) is 187 Å². The molecule has 16 aromatic carbocycles. The summed E-state index contributed by atoms with van der Waals surface area (Å²) in [4.78, 5) is 0. The van der Waals surface area contributed by atoms with Gasteiger partial charge in [-0.1, -0.05) is 218 Å². The molecule has 0 bridgehead atoms. The van der Waals surface area contributed by atoms with Crippen LogP contribution in [-0.2, 0) is 0 Å². The van der Waals surface area contributed by atoms with E-state index in [2.05, 4.69) is 243 Å². The fraction of sp³-hybridized carbons (Fsp3) is 0. The predicted octanol–water partition coefficient (Wildman–Crippen LogP) is 19.9. The first-order valence-corrected chi connectivity index (χ1v) is 24.5. The van der Waals surface area contributed by atoms with Gasteiger partial charge in [0.15, 0.2) is 0 Å². The highest BCUT2D eigenvalue weighted by molar-refractivity contribution is 6.45. The zero-order valence-electron chi connectivity index (χ0n) is 38.1. The lowest BCUT2D eigenvalue weighted by atomic mass is 9.84. The number of fused-ring (bicyclic) bond motifs is 14. The minimum Gasteiger partial charge on any atom is -0.0622 e. The van der Waals surface area contributed by atoms with Crippen LogP contribution in [0.1, 0.15) is 0 Å². The molecule has 0 aromatic heterocycles. The summed E-state index contributed by atoms with van der Waals surface area (Å²) in [6, 6.07) is 91.3. The van der Waals surface area contributed by atoms with Crippen molar-refractivity contribution in [2.45, 2.75) is 0 Å². The van der Waals surface area contributed by atoms with Gasteiger partial charge in [-0.2, -0.15) is 0 Å². The highest BCUT2D eigenvalue weighted by Gasteiger charge is 2.27. The second kappa shape index (κ2) is 14.2. The Morgan fingerprint density at radius 2 is 0.643 bits per heavy atom. The van der Waals surface area contributed by atoms with Crippen LogP contribution in [0.15, 0.2) is 243 Å². The van der Waals surface area contributed by atoms with Crippen molar-refractivity contribution in [3.8, 4) is 44.5 Å². The Kier molecular flexibility index (Phi) is 7.70. The molecule has 16 rings (SSSR count). The van der Waals surface area contributed by atoms with Gasteiger partial charge < -0.3 is 0 Å². The summed E-state index contributed by atoms with van der Waals surface area (Å²) in [6.07, 6.45) is 0. The molecule has 0 heterocycles. The first-order chi connectivity index (χ1) is 34.7. The molecule has 0 aliphatic carbocycles. The van der Waals surface area contributed by atoms with Gasteiger partial charge in [-0.15, -0.1) is 0 Å². The van der Waals surface area contributed by atoms with Gasteiger partial charge in [0.2, 0.25) is 0 Å². The predicted molar refractivity (Wildman–Crippen MR) is 303 cm³/mol. The molecule has 0 saturated carbocycles. The fourth-order valence-corrected chi connectivity index (χ4v) is 13.0. The lowest BCUT2D eigenvalue weighted by Crippen LogP contribution is -1.91. The second-order valence-corrected chi connectivity index (χ2v) is 19.4. The summed E-state index contributed by atoms with van der Waals surface area (Å²) in [5.41, 5.74) is 10.1. The van der Waals surface area contributed by atoms with Crippen LogP contribution in [0, 0.1) is 0 Å². The average molecular weight is 881 g/mol. The van der Waals surface area contributed by atoms with Crippen LogP contribution >= 0.6 is 0 Å². The summed E-state index contributed by atoms with van der Waals surface area (Å²) < 4.78 is 0. The fourth-order valence-electron chi connectivity index (χ4n) is 13.0. The highest BCUT2D eigenvalue weighted by atomic mass is 14.3. The highest BCUT2D eigenvalue weighted by Crippen LogP contribution is 2.55. The third-order valence-electron chi connectivity index (χ3n) is 15.9. The Morgan fingerprint density at radius 3 is 1.39 bits per heavy atom. The van der Waals surface area contributed by atoms with E-state index < -0.39 is 0 Å². The smallest absolute Gasteiger partial charge is 0.000719 e. The third-order valence-corrected chi connectivity index (χ3v) is 15.9. The monoisotopic (exact) mass is 880 g/mol. The van der Waals surface area contributed by atoms with E-state index in [1.807, 2.05) is 0 Å². The minimum absolute atomic E-state index is 1.23. The number of rotatable bonds is 4. The number of hydrogen-bond donors (Lipinski definition) is 0. The zero-order valence-corrected chi connectivity index (χ0v) is 38.1. The Morgan fingerprint density at radius 1 is 0.157 bits per heavy atom. The molecule has 0 unspecified atom stereocenters. The molecule has 0 saturated heterocycles. The van der Waals surface area contributed by atoms with E-state index in [0.29, 0.717) is 0 Å². The molecular weight excluding hydrogens is 841 g/mol. The quantitative estimate of drug-likeness (QED) is 0.155. The second-order valence-electron chi connectivity index (χ2n) is 19.4. The molecule has 0 aliphatic heterocycles. The van der Waals surface area contributed by atoms with E-state index in [1.54, 1.807) is 0 Å². The Bertz CT molecular complexity index is 4850. The molecule has 0 N–H and O–H groups in total. The van der Waals surface area contributed by atoms with Gasteiger partial charge in [0.25, 0.3) is 0 Å². The maximum Gasteiger partial charge on any atom is -0.000719 e. The first kappa shape index (κ1) is 37.9. The normalized spacial score (nSPS) is 12.3. The van der Waals surface area contributed by atoms with Crippen molar-refractivity contribution in [1.29, 1.82) is 0 Å². The van der Waals surface area contributed by atoms with Crippen LogP contribution < -0.4 is 0 Å². The average Bonchev–Trinajstić information content (AvgIpc) is 3.94. The lowest BCUT2D eigenvalue weighted by molar-refractivity contribution is 1.68. The molecule has 0 radical (unpaired) electrons. The first-order valence-electron chi connectivity index (χ1n) is 24.5.